The summed E-state index contributed by atoms with van der Waals surface area (Å²) >= 11 is 0. The maximum atomic E-state index is 13.9. The number of carbonyl (C=O) groups is 1. The maximum absolute atomic E-state index is 13.9. The number of pyridine rings is 1. The summed E-state index contributed by atoms with van der Waals surface area (Å²) in [6.07, 6.45) is 1.04. The number of benzene rings is 1. The molecular formula is C20H23FN4O3. The van der Waals surface area contributed by atoms with E-state index in [2.05, 4.69) is 15.3 Å². The van der Waals surface area contributed by atoms with Gasteiger partial charge in [0, 0.05) is 19.4 Å². The second kappa shape index (κ2) is 7.93. The number of ether oxygens (including phenoxy) is 2. The predicted octanol–water partition coefficient (Wildman–Crippen LogP) is 3.77. The Bertz CT molecular complexity index is 967. The van der Waals surface area contributed by atoms with Gasteiger partial charge in [-0.25, -0.2) is 19.2 Å². The molecule has 0 bridgehead atoms. The van der Waals surface area contributed by atoms with Gasteiger partial charge in [-0.05, 0) is 45.0 Å². The van der Waals surface area contributed by atoms with E-state index in [1.54, 1.807) is 49.7 Å². The minimum Gasteiger partial charge on any atom is -0.444 e. The molecule has 7 nitrogen and oxygen atoms in total. The average Bonchev–Trinajstić information content (AvgIpc) is 2.99. The minimum atomic E-state index is -0.647. The number of amides is 1. The topological polar surface area (TPSA) is 78.3 Å². The highest BCUT2D eigenvalue weighted by molar-refractivity contribution is 5.78. The van der Waals surface area contributed by atoms with E-state index in [1.165, 1.54) is 19.2 Å². The fraction of sp³-hybridized carbons (Fsp3) is 0.350. The molecule has 0 radical (unpaired) electrons. The second-order valence-electron chi connectivity index (χ2n) is 7.28. The highest BCUT2D eigenvalue weighted by Crippen LogP contribution is 2.26. The number of methoxy groups -OCH3 is 1. The first kappa shape index (κ1) is 19.8. The lowest BCUT2D eigenvalue weighted by atomic mass is 10.2. The third kappa shape index (κ3) is 4.45. The van der Waals surface area contributed by atoms with Crippen molar-refractivity contribution in [2.75, 3.05) is 13.7 Å². The average molecular weight is 386 g/mol. The zero-order chi connectivity index (χ0) is 20.3. The van der Waals surface area contributed by atoms with Crippen LogP contribution in [0.25, 0.3) is 16.9 Å². The molecule has 0 aliphatic carbocycles. The van der Waals surface area contributed by atoms with E-state index >= 15 is 0 Å². The van der Waals surface area contributed by atoms with Crippen molar-refractivity contribution in [3.8, 4) is 5.82 Å². The molecule has 0 aliphatic rings. The number of halogens is 1. The molecule has 1 atom stereocenters. The van der Waals surface area contributed by atoms with Crippen LogP contribution in [0.15, 0.2) is 42.6 Å². The zero-order valence-corrected chi connectivity index (χ0v) is 16.3. The van der Waals surface area contributed by atoms with E-state index in [4.69, 9.17) is 9.47 Å². The number of alkyl carbamates (subject to hydrolysis) is 1. The van der Waals surface area contributed by atoms with Gasteiger partial charge in [0.2, 0.25) is 0 Å². The van der Waals surface area contributed by atoms with Crippen LogP contribution in [-0.4, -0.2) is 39.9 Å². The van der Waals surface area contributed by atoms with Crippen LogP contribution in [0, 0.1) is 5.82 Å². The first-order chi connectivity index (χ1) is 13.3. The van der Waals surface area contributed by atoms with Crippen molar-refractivity contribution in [1.82, 2.24) is 19.9 Å². The van der Waals surface area contributed by atoms with Gasteiger partial charge in [-0.1, -0.05) is 6.07 Å². The van der Waals surface area contributed by atoms with Gasteiger partial charge in [0.25, 0.3) is 0 Å². The van der Waals surface area contributed by atoms with Crippen LogP contribution in [0.1, 0.15) is 32.6 Å². The highest BCUT2D eigenvalue weighted by Gasteiger charge is 2.26. The number of imidazole rings is 1. The lowest BCUT2D eigenvalue weighted by molar-refractivity contribution is 0.0463. The van der Waals surface area contributed by atoms with Gasteiger partial charge in [-0.3, -0.25) is 4.57 Å². The standard InChI is InChI=1S/C20H23FN4O3/c1-20(2,3)28-19(26)24-15(12-27-4)18-23-14-9-8-13(21)11-16(14)25(18)17-7-5-6-10-22-17/h5-11,15H,12H2,1-4H3,(H,24,26). The van der Waals surface area contributed by atoms with Crippen molar-refractivity contribution in [2.45, 2.75) is 32.4 Å². The van der Waals surface area contributed by atoms with Gasteiger partial charge in [-0.15, -0.1) is 0 Å². The number of hydrogen-bond donors (Lipinski definition) is 1. The minimum absolute atomic E-state index is 0.151. The summed E-state index contributed by atoms with van der Waals surface area (Å²) in [6, 6.07) is 9.08. The summed E-state index contributed by atoms with van der Waals surface area (Å²) in [6.45, 7) is 5.50. The molecule has 2 aromatic heterocycles. The summed E-state index contributed by atoms with van der Waals surface area (Å²) in [5, 5.41) is 2.79. The lowest BCUT2D eigenvalue weighted by Gasteiger charge is -2.23. The molecule has 1 unspecified atom stereocenters. The Balaban J connectivity index is 2.09. The van der Waals surface area contributed by atoms with Crippen molar-refractivity contribution < 1.29 is 18.7 Å². The van der Waals surface area contributed by atoms with Crippen LogP contribution in [-0.2, 0) is 9.47 Å². The smallest absolute Gasteiger partial charge is 0.408 e. The number of nitrogens with zero attached hydrogens (tertiary/aromatic N) is 3. The van der Waals surface area contributed by atoms with Crippen molar-refractivity contribution >= 4 is 17.1 Å². The number of nitrogens with one attached hydrogen (secondary N) is 1. The molecule has 148 valence electrons. The van der Waals surface area contributed by atoms with E-state index in [1.807, 2.05) is 6.07 Å². The van der Waals surface area contributed by atoms with E-state index in [0.29, 0.717) is 22.7 Å². The Morgan fingerprint density at radius 1 is 1.29 bits per heavy atom. The predicted molar refractivity (Wildman–Crippen MR) is 103 cm³/mol. The monoisotopic (exact) mass is 386 g/mol. The maximum Gasteiger partial charge on any atom is 0.408 e. The van der Waals surface area contributed by atoms with Crippen molar-refractivity contribution in [2.24, 2.45) is 0 Å². The van der Waals surface area contributed by atoms with Gasteiger partial charge in [0.05, 0.1) is 17.6 Å². The number of fused-ring (bicyclic) bond motifs is 1. The molecular weight excluding hydrogens is 363 g/mol. The molecule has 8 heteroatoms. The molecule has 0 saturated carbocycles. The lowest BCUT2D eigenvalue weighted by Crippen LogP contribution is -2.37. The Kier molecular flexibility index (Phi) is 5.60. The third-order valence-corrected chi connectivity index (χ3v) is 3.86. The Labute approximate surface area is 162 Å². The van der Waals surface area contributed by atoms with Gasteiger partial charge in [-0.2, -0.15) is 0 Å². The molecule has 1 N–H and O–H groups in total. The van der Waals surface area contributed by atoms with Crippen LogP contribution < -0.4 is 5.32 Å². The highest BCUT2D eigenvalue weighted by atomic mass is 19.1. The van der Waals surface area contributed by atoms with Crippen molar-refractivity contribution in [1.29, 1.82) is 0 Å². The molecule has 2 heterocycles. The Hall–Kier alpha value is -3.00. The van der Waals surface area contributed by atoms with Crippen LogP contribution in [0.5, 0.6) is 0 Å². The first-order valence-corrected chi connectivity index (χ1v) is 8.86. The molecule has 0 fully saturated rings. The number of hydrogen-bond acceptors (Lipinski definition) is 5. The third-order valence-electron chi connectivity index (χ3n) is 3.86. The molecule has 28 heavy (non-hydrogen) atoms. The summed E-state index contributed by atoms with van der Waals surface area (Å²) in [5.74, 6) is 0.629. The number of aromatic nitrogens is 3. The number of carbonyl (C=O) groups excluding carboxylic acids is 1. The van der Waals surface area contributed by atoms with Gasteiger partial charge in [0.15, 0.2) is 0 Å². The fourth-order valence-electron chi connectivity index (χ4n) is 2.82. The van der Waals surface area contributed by atoms with Gasteiger partial charge < -0.3 is 14.8 Å². The van der Waals surface area contributed by atoms with Crippen LogP contribution in [0.3, 0.4) is 0 Å². The molecule has 3 aromatic rings. The SMILES string of the molecule is COCC(NC(=O)OC(C)(C)C)c1nc2ccc(F)cc2n1-c1ccccn1. The van der Waals surface area contributed by atoms with E-state index in [9.17, 15) is 9.18 Å². The van der Waals surface area contributed by atoms with Gasteiger partial charge >= 0.3 is 6.09 Å². The molecule has 3 rings (SSSR count). The molecule has 1 aromatic carbocycles. The largest absolute Gasteiger partial charge is 0.444 e. The summed E-state index contributed by atoms with van der Waals surface area (Å²) in [5.41, 5.74) is 0.473. The van der Waals surface area contributed by atoms with E-state index < -0.39 is 17.7 Å². The summed E-state index contributed by atoms with van der Waals surface area (Å²) in [7, 11) is 1.53. The van der Waals surface area contributed by atoms with Crippen LogP contribution in [0.4, 0.5) is 9.18 Å². The van der Waals surface area contributed by atoms with Crippen molar-refractivity contribution in [3.63, 3.8) is 0 Å². The normalized spacial score (nSPS) is 12.8. The quantitative estimate of drug-likeness (QED) is 0.722. The van der Waals surface area contributed by atoms with Crippen molar-refractivity contribution in [3.05, 3.63) is 54.2 Å². The zero-order valence-electron chi connectivity index (χ0n) is 16.3. The molecule has 0 saturated heterocycles. The Morgan fingerprint density at radius 3 is 2.71 bits per heavy atom. The summed E-state index contributed by atoms with van der Waals surface area (Å²) < 4.78 is 26.3. The fourth-order valence-corrected chi connectivity index (χ4v) is 2.82. The van der Waals surface area contributed by atoms with E-state index in [0.717, 1.165) is 0 Å². The van der Waals surface area contributed by atoms with Gasteiger partial charge in [0.1, 0.15) is 29.1 Å². The number of rotatable bonds is 5. The second-order valence-corrected chi connectivity index (χ2v) is 7.28. The van der Waals surface area contributed by atoms with E-state index in [-0.39, 0.29) is 12.4 Å². The molecule has 1 amide bonds. The van der Waals surface area contributed by atoms with Crippen LogP contribution >= 0.6 is 0 Å². The summed E-state index contributed by atoms with van der Waals surface area (Å²) in [4.78, 5) is 21.3. The molecule has 0 aliphatic heterocycles. The van der Waals surface area contributed by atoms with Crippen LogP contribution in [0.2, 0.25) is 0 Å². The Morgan fingerprint density at radius 2 is 2.07 bits per heavy atom. The molecule has 0 spiro atoms. The first-order valence-electron chi connectivity index (χ1n) is 8.86.